The molecule has 0 radical (unpaired) electrons. The van der Waals surface area contributed by atoms with E-state index in [0.717, 1.165) is 29.8 Å². The first-order valence-electron chi connectivity index (χ1n) is 7.73. The summed E-state index contributed by atoms with van der Waals surface area (Å²) < 4.78 is 5.51. The Morgan fingerprint density at radius 1 is 1.35 bits per heavy atom. The van der Waals surface area contributed by atoms with Crippen molar-refractivity contribution in [1.82, 2.24) is 9.88 Å². The highest BCUT2D eigenvalue weighted by atomic mass is 16.5. The first-order chi connectivity index (χ1) is 11.2. The first kappa shape index (κ1) is 15.5. The summed E-state index contributed by atoms with van der Waals surface area (Å²) in [5.74, 6) is -0.0105. The van der Waals surface area contributed by atoms with Crippen LogP contribution in [0.25, 0.3) is 0 Å². The largest absolute Gasteiger partial charge is 0.496 e. The van der Waals surface area contributed by atoms with Crippen LogP contribution in [-0.2, 0) is 4.79 Å². The zero-order valence-corrected chi connectivity index (χ0v) is 13.1. The Kier molecular flexibility index (Phi) is 4.57. The molecule has 1 aromatic heterocycles. The van der Waals surface area contributed by atoms with Crippen LogP contribution in [0.5, 0.6) is 5.75 Å². The van der Waals surface area contributed by atoms with Gasteiger partial charge in [-0.2, -0.15) is 0 Å². The molecule has 0 spiro atoms. The van der Waals surface area contributed by atoms with E-state index in [1.807, 2.05) is 41.3 Å². The van der Waals surface area contributed by atoms with Crippen LogP contribution in [-0.4, -0.2) is 40.7 Å². The molecule has 2 unspecified atom stereocenters. The summed E-state index contributed by atoms with van der Waals surface area (Å²) in [6.07, 6.45) is 5.07. The van der Waals surface area contributed by atoms with E-state index in [0.29, 0.717) is 6.42 Å². The van der Waals surface area contributed by atoms with Crippen molar-refractivity contribution in [1.29, 1.82) is 0 Å². The molecular formula is C18H20N2O3. The molecule has 1 aliphatic heterocycles. The highest BCUT2D eigenvalue weighted by Gasteiger charge is 2.37. The quantitative estimate of drug-likeness (QED) is 0.920. The number of hydrogen-bond acceptors (Lipinski definition) is 4. The van der Waals surface area contributed by atoms with E-state index < -0.39 is 12.0 Å². The van der Waals surface area contributed by atoms with E-state index in [2.05, 4.69) is 4.98 Å². The van der Waals surface area contributed by atoms with Gasteiger partial charge in [-0.3, -0.25) is 14.7 Å². The number of nitrogens with zero attached hydrogens (tertiary/aromatic N) is 2. The second kappa shape index (κ2) is 6.79. The molecule has 2 atom stereocenters. The number of likely N-dealkylation sites (tertiary alicyclic amines) is 1. The standard InChI is InChI=1S/C18H20N2O3/c1-23-16-9-3-2-7-14(16)17(13-6-4-10-19-12-13)20-11-5-8-15(20)18(21)22/h2-4,6-7,9-10,12,15,17H,5,8,11H2,1H3,(H,21,22). The molecule has 2 heterocycles. The summed E-state index contributed by atoms with van der Waals surface area (Å²) in [6.45, 7) is 0.745. The molecule has 120 valence electrons. The van der Waals surface area contributed by atoms with E-state index >= 15 is 0 Å². The van der Waals surface area contributed by atoms with Gasteiger partial charge in [-0.25, -0.2) is 0 Å². The molecule has 23 heavy (non-hydrogen) atoms. The van der Waals surface area contributed by atoms with Gasteiger partial charge in [0.1, 0.15) is 11.8 Å². The van der Waals surface area contributed by atoms with E-state index in [1.54, 1.807) is 19.5 Å². The van der Waals surface area contributed by atoms with Crippen molar-refractivity contribution in [3.8, 4) is 5.75 Å². The van der Waals surface area contributed by atoms with Gasteiger partial charge in [0.15, 0.2) is 0 Å². The molecule has 1 saturated heterocycles. The fraction of sp³-hybridized carbons (Fsp3) is 0.333. The van der Waals surface area contributed by atoms with Crippen molar-refractivity contribution in [2.24, 2.45) is 0 Å². The maximum atomic E-state index is 11.6. The van der Waals surface area contributed by atoms with Gasteiger partial charge in [0, 0.05) is 24.5 Å². The number of aromatic nitrogens is 1. The van der Waals surface area contributed by atoms with Crippen molar-refractivity contribution >= 4 is 5.97 Å². The Morgan fingerprint density at radius 2 is 2.17 bits per heavy atom. The molecule has 1 aliphatic rings. The highest BCUT2D eigenvalue weighted by Crippen LogP contribution is 2.38. The maximum absolute atomic E-state index is 11.6. The minimum absolute atomic E-state index is 0.177. The van der Waals surface area contributed by atoms with E-state index in [4.69, 9.17) is 4.74 Å². The fourth-order valence-electron chi connectivity index (χ4n) is 3.34. The summed E-state index contributed by atoms with van der Waals surface area (Å²) in [7, 11) is 1.64. The molecule has 3 rings (SSSR count). The Balaban J connectivity index is 2.09. The van der Waals surface area contributed by atoms with Crippen LogP contribution in [0.3, 0.4) is 0 Å². The zero-order chi connectivity index (χ0) is 16.2. The van der Waals surface area contributed by atoms with Crippen LogP contribution in [0.4, 0.5) is 0 Å². The zero-order valence-electron chi connectivity index (χ0n) is 13.1. The number of para-hydroxylation sites is 1. The lowest BCUT2D eigenvalue weighted by Gasteiger charge is -2.32. The minimum atomic E-state index is -0.772. The van der Waals surface area contributed by atoms with Crippen LogP contribution < -0.4 is 4.74 Å². The highest BCUT2D eigenvalue weighted by molar-refractivity contribution is 5.74. The van der Waals surface area contributed by atoms with Crippen molar-refractivity contribution in [3.63, 3.8) is 0 Å². The average molecular weight is 312 g/mol. The smallest absolute Gasteiger partial charge is 0.320 e. The van der Waals surface area contributed by atoms with Crippen molar-refractivity contribution in [2.45, 2.75) is 24.9 Å². The van der Waals surface area contributed by atoms with Gasteiger partial charge in [0.25, 0.3) is 0 Å². The van der Waals surface area contributed by atoms with Gasteiger partial charge in [0.2, 0.25) is 0 Å². The molecule has 0 saturated carbocycles. The lowest BCUT2D eigenvalue weighted by Crippen LogP contribution is -2.39. The van der Waals surface area contributed by atoms with E-state index in [1.165, 1.54) is 0 Å². The number of rotatable bonds is 5. The second-order valence-corrected chi connectivity index (χ2v) is 5.66. The fourth-order valence-corrected chi connectivity index (χ4v) is 3.34. The van der Waals surface area contributed by atoms with Crippen LogP contribution in [0.2, 0.25) is 0 Å². The number of carboxylic acids is 1. The second-order valence-electron chi connectivity index (χ2n) is 5.66. The first-order valence-corrected chi connectivity index (χ1v) is 7.73. The lowest BCUT2D eigenvalue weighted by molar-refractivity contribution is -0.142. The molecule has 1 aromatic carbocycles. The molecule has 0 aliphatic carbocycles. The van der Waals surface area contributed by atoms with Gasteiger partial charge in [-0.05, 0) is 30.5 Å². The number of benzene rings is 1. The Morgan fingerprint density at radius 3 is 2.87 bits per heavy atom. The SMILES string of the molecule is COc1ccccc1C(c1cccnc1)N1CCCC1C(=O)O. The van der Waals surface area contributed by atoms with Gasteiger partial charge in [0.05, 0.1) is 13.2 Å². The van der Waals surface area contributed by atoms with Gasteiger partial charge < -0.3 is 9.84 Å². The van der Waals surface area contributed by atoms with Crippen molar-refractivity contribution in [3.05, 3.63) is 59.9 Å². The van der Waals surface area contributed by atoms with Crippen LogP contribution in [0.1, 0.15) is 30.0 Å². The third-order valence-corrected chi connectivity index (χ3v) is 4.34. The molecule has 5 nitrogen and oxygen atoms in total. The number of hydrogen-bond donors (Lipinski definition) is 1. The predicted octanol–water partition coefficient (Wildman–Crippen LogP) is 2.73. The number of methoxy groups -OCH3 is 1. The molecule has 2 aromatic rings. The number of aliphatic carboxylic acids is 1. The molecule has 1 N–H and O–H groups in total. The Bertz CT molecular complexity index is 675. The van der Waals surface area contributed by atoms with Crippen LogP contribution in [0, 0.1) is 0 Å². The maximum Gasteiger partial charge on any atom is 0.320 e. The van der Waals surface area contributed by atoms with E-state index in [-0.39, 0.29) is 6.04 Å². The minimum Gasteiger partial charge on any atom is -0.496 e. The van der Waals surface area contributed by atoms with Crippen molar-refractivity contribution < 1.29 is 14.6 Å². The molecule has 5 heteroatoms. The molecule has 1 fully saturated rings. The van der Waals surface area contributed by atoms with Gasteiger partial charge in [-0.1, -0.05) is 24.3 Å². The Labute approximate surface area is 135 Å². The number of pyridine rings is 1. The third-order valence-electron chi connectivity index (χ3n) is 4.34. The molecule has 0 amide bonds. The number of carboxylic acid groups (broad SMARTS) is 1. The predicted molar refractivity (Wildman–Crippen MR) is 86.4 cm³/mol. The topological polar surface area (TPSA) is 62.7 Å². The number of ether oxygens (including phenoxy) is 1. The van der Waals surface area contributed by atoms with Crippen molar-refractivity contribution in [2.75, 3.05) is 13.7 Å². The van der Waals surface area contributed by atoms with Gasteiger partial charge in [-0.15, -0.1) is 0 Å². The van der Waals surface area contributed by atoms with Gasteiger partial charge >= 0.3 is 5.97 Å². The van der Waals surface area contributed by atoms with Crippen LogP contribution in [0.15, 0.2) is 48.8 Å². The van der Waals surface area contributed by atoms with Crippen LogP contribution >= 0.6 is 0 Å². The summed E-state index contributed by atoms with van der Waals surface area (Å²) in [5.41, 5.74) is 1.95. The summed E-state index contributed by atoms with van der Waals surface area (Å²) in [5, 5.41) is 9.56. The monoisotopic (exact) mass is 312 g/mol. The average Bonchev–Trinajstić information content (AvgIpc) is 3.06. The molecule has 0 bridgehead atoms. The number of carbonyl (C=O) groups is 1. The summed E-state index contributed by atoms with van der Waals surface area (Å²) >= 11 is 0. The lowest BCUT2D eigenvalue weighted by atomic mass is 9.96. The Hall–Kier alpha value is -2.40. The summed E-state index contributed by atoms with van der Waals surface area (Å²) in [4.78, 5) is 17.9. The molecular weight excluding hydrogens is 292 g/mol. The normalized spacial score (nSPS) is 19.4. The summed E-state index contributed by atoms with van der Waals surface area (Å²) in [6, 6.07) is 11.0. The van der Waals surface area contributed by atoms with E-state index in [9.17, 15) is 9.90 Å². The third kappa shape index (κ3) is 3.05.